The van der Waals surface area contributed by atoms with E-state index in [4.69, 9.17) is 21.7 Å². The number of nitrogens with zero attached hydrogens (tertiary/aromatic N) is 2. The third-order valence-corrected chi connectivity index (χ3v) is 3.99. The van der Waals surface area contributed by atoms with Gasteiger partial charge in [-0.3, -0.25) is 9.59 Å². The fraction of sp³-hybridized carbons (Fsp3) is 0.0500. The number of amides is 1. The number of hydrogen-bond acceptors (Lipinski definition) is 4. The number of aromatic nitrogens is 1. The Hall–Kier alpha value is -3.56. The molecule has 0 aliphatic carbocycles. The van der Waals surface area contributed by atoms with Crippen molar-refractivity contribution in [1.82, 2.24) is 4.73 Å². The SMILES string of the molecule is N#Cc1ccccc1NC(=O)c1cccn(OCc2ccc(Cl)cc2)c1=O. The minimum absolute atomic E-state index is 0.0960. The maximum Gasteiger partial charge on any atom is 0.295 e. The van der Waals surface area contributed by atoms with E-state index < -0.39 is 11.5 Å². The third kappa shape index (κ3) is 4.35. The molecule has 134 valence electrons. The molecule has 2 aromatic carbocycles. The molecule has 6 nitrogen and oxygen atoms in total. The van der Waals surface area contributed by atoms with E-state index in [-0.39, 0.29) is 12.2 Å². The molecule has 0 bridgehead atoms. The highest BCUT2D eigenvalue weighted by molar-refractivity contribution is 6.30. The minimum atomic E-state index is -0.618. The van der Waals surface area contributed by atoms with Gasteiger partial charge in [0, 0.05) is 11.2 Å². The molecule has 0 spiro atoms. The first kappa shape index (κ1) is 18.2. The van der Waals surface area contributed by atoms with Crippen LogP contribution in [0.5, 0.6) is 0 Å². The lowest BCUT2D eigenvalue weighted by molar-refractivity contribution is 0.0863. The molecular formula is C20H14ClN3O3. The molecule has 0 radical (unpaired) electrons. The molecule has 0 aliphatic rings. The largest absolute Gasteiger partial charge is 0.406 e. The van der Waals surface area contributed by atoms with Crippen LogP contribution in [-0.4, -0.2) is 10.6 Å². The van der Waals surface area contributed by atoms with Gasteiger partial charge >= 0.3 is 0 Å². The molecule has 7 heteroatoms. The van der Waals surface area contributed by atoms with Gasteiger partial charge in [-0.2, -0.15) is 9.99 Å². The Kier molecular flexibility index (Phi) is 5.55. The van der Waals surface area contributed by atoms with E-state index in [9.17, 15) is 9.59 Å². The van der Waals surface area contributed by atoms with E-state index in [1.54, 1.807) is 48.5 Å². The second-order valence-corrected chi connectivity index (χ2v) is 6.00. The number of hydrogen-bond donors (Lipinski definition) is 1. The second-order valence-electron chi connectivity index (χ2n) is 5.56. The van der Waals surface area contributed by atoms with Crippen LogP contribution in [0.15, 0.2) is 71.7 Å². The van der Waals surface area contributed by atoms with Gasteiger partial charge < -0.3 is 10.2 Å². The van der Waals surface area contributed by atoms with Crippen LogP contribution in [0.2, 0.25) is 5.02 Å². The van der Waals surface area contributed by atoms with Gasteiger partial charge in [0.15, 0.2) is 0 Å². The van der Waals surface area contributed by atoms with E-state index in [1.807, 2.05) is 6.07 Å². The zero-order valence-electron chi connectivity index (χ0n) is 14.1. The lowest BCUT2D eigenvalue weighted by atomic mass is 10.2. The zero-order chi connectivity index (χ0) is 19.2. The number of anilines is 1. The number of nitrogens with one attached hydrogen (secondary N) is 1. The number of carbonyl (C=O) groups is 1. The maximum absolute atomic E-state index is 12.5. The summed E-state index contributed by atoms with van der Waals surface area (Å²) in [5, 5.41) is 12.3. The molecule has 1 heterocycles. The summed E-state index contributed by atoms with van der Waals surface area (Å²) in [6, 6.07) is 18.5. The summed E-state index contributed by atoms with van der Waals surface area (Å²) in [5.41, 5.74) is 0.770. The van der Waals surface area contributed by atoms with Crippen LogP contribution < -0.4 is 15.7 Å². The highest BCUT2D eigenvalue weighted by Gasteiger charge is 2.14. The van der Waals surface area contributed by atoms with Crippen LogP contribution in [0.4, 0.5) is 5.69 Å². The Morgan fingerprint density at radius 1 is 1.11 bits per heavy atom. The Morgan fingerprint density at radius 3 is 2.59 bits per heavy atom. The Morgan fingerprint density at radius 2 is 1.85 bits per heavy atom. The molecule has 1 aromatic heterocycles. The normalized spacial score (nSPS) is 10.1. The van der Waals surface area contributed by atoms with Crippen LogP contribution in [0.3, 0.4) is 0 Å². The van der Waals surface area contributed by atoms with E-state index >= 15 is 0 Å². The molecule has 0 atom stereocenters. The fourth-order valence-electron chi connectivity index (χ4n) is 2.35. The Labute approximate surface area is 160 Å². The number of para-hydroxylation sites is 1. The Bertz CT molecular complexity index is 1070. The molecule has 0 unspecified atom stereocenters. The van der Waals surface area contributed by atoms with Crippen molar-refractivity contribution in [1.29, 1.82) is 5.26 Å². The van der Waals surface area contributed by atoms with Crippen molar-refractivity contribution in [2.24, 2.45) is 0 Å². The van der Waals surface area contributed by atoms with E-state index in [2.05, 4.69) is 5.32 Å². The van der Waals surface area contributed by atoms with Gasteiger partial charge in [-0.1, -0.05) is 35.9 Å². The van der Waals surface area contributed by atoms with E-state index in [1.165, 1.54) is 18.3 Å². The maximum atomic E-state index is 12.5. The predicted molar refractivity (Wildman–Crippen MR) is 102 cm³/mol. The standard InChI is InChI=1S/C20H14ClN3O3/c21-16-9-7-14(8-10-16)13-27-24-11-3-5-17(20(24)26)19(25)23-18-6-2-1-4-15(18)12-22/h1-11H,13H2,(H,23,25). The summed E-state index contributed by atoms with van der Waals surface area (Å²) in [5.74, 6) is -0.618. The quantitative estimate of drug-likeness (QED) is 0.737. The summed E-state index contributed by atoms with van der Waals surface area (Å²) < 4.78 is 1.000. The van der Waals surface area contributed by atoms with Crippen molar-refractivity contribution in [3.8, 4) is 6.07 Å². The third-order valence-electron chi connectivity index (χ3n) is 3.74. The van der Waals surface area contributed by atoms with Crippen molar-refractivity contribution in [2.45, 2.75) is 6.61 Å². The molecule has 0 aliphatic heterocycles. The summed E-state index contributed by atoms with van der Waals surface area (Å²) in [6.07, 6.45) is 1.43. The molecule has 0 saturated carbocycles. The van der Waals surface area contributed by atoms with Gasteiger partial charge in [-0.25, -0.2) is 0 Å². The van der Waals surface area contributed by atoms with Crippen LogP contribution in [0.1, 0.15) is 21.5 Å². The molecule has 1 N–H and O–H groups in total. The van der Waals surface area contributed by atoms with Crippen LogP contribution in [0, 0.1) is 11.3 Å². The first-order chi connectivity index (χ1) is 13.1. The molecular weight excluding hydrogens is 366 g/mol. The molecule has 0 saturated heterocycles. The van der Waals surface area contributed by atoms with Crippen molar-refractivity contribution >= 4 is 23.2 Å². The van der Waals surface area contributed by atoms with Crippen LogP contribution in [-0.2, 0) is 6.61 Å². The molecule has 27 heavy (non-hydrogen) atoms. The van der Waals surface area contributed by atoms with Crippen LogP contribution in [0.25, 0.3) is 0 Å². The summed E-state index contributed by atoms with van der Waals surface area (Å²) >= 11 is 5.84. The van der Waals surface area contributed by atoms with Crippen molar-refractivity contribution in [2.75, 3.05) is 5.32 Å². The summed E-state index contributed by atoms with van der Waals surface area (Å²) in [4.78, 5) is 30.5. The predicted octanol–water partition coefficient (Wildman–Crippen LogP) is 3.25. The molecule has 3 rings (SSSR count). The minimum Gasteiger partial charge on any atom is -0.406 e. The number of pyridine rings is 1. The number of rotatable bonds is 5. The lowest BCUT2D eigenvalue weighted by Gasteiger charge is -2.11. The van der Waals surface area contributed by atoms with E-state index in [0.717, 1.165) is 10.3 Å². The molecule has 3 aromatic rings. The monoisotopic (exact) mass is 379 g/mol. The molecule has 1 amide bonds. The van der Waals surface area contributed by atoms with Crippen molar-refractivity contribution in [3.63, 3.8) is 0 Å². The van der Waals surface area contributed by atoms with Gasteiger partial charge in [-0.05, 0) is 42.0 Å². The van der Waals surface area contributed by atoms with Gasteiger partial charge in [0.2, 0.25) is 0 Å². The van der Waals surface area contributed by atoms with Gasteiger partial charge in [-0.15, -0.1) is 0 Å². The van der Waals surface area contributed by atoms with Gasteiger partial charge in [0.1, 0.15) is 18.2 Å². The highest BCUT2D eigenvalue weighted by atomic mass is 35.5. The number of carbonyl (C=O) groups excluding carboxylic acids is 1. The smallest absolute Gasteiger partial charge is 0.295 e. The topological polar surface area (TPSA) is 84.1 Å². The average molecular weight is 380 g/mol. The lowest BCUT2D eigenvalue weighted by Crippen LogP contribution is -2.32. The first-order valence-corrected chi connectivity index (χ1v) is 8.36. The van der Waals surface area contributed by atoms with Gasteiger partial charge in [0.05, 0.1) is 11.3 Å². The second kappa shape index (κ2) is 8.21. The fourth-order valence-corrected chi connectivity index (χ4v) is 2.48. The molecule has 0 fully saturated rings. The number of benzene rings is 2. The average Bonchev–Trinajstić information content (AvgIpc) is 2.69. The number of halogens is 1. The highest BCUT2D eigenvalue weighted by Crippen LogP contribution is 2.14. The van der Waals surface area contributed by atoms with Crippen LogP contribution >= 0.6 is 11.6 Å². The summed E-state index contributed by atoms with van der Waals surface area (Å²) in [7, 11) is 0. The Balaban J connectivity index is 1.78. The first-order valence-electron chi connectivity index (χ1n) is 7.98. The summed E-state index contributed by atoms with van der Waals surface area (Å²) in [6.45, 7) is 0.138. The van der Waals surface area contributed by atoms with Crippen molar-refractivity contribution < 1.29 is 9.63 Å². The zero-order valence-corrected chi connectivity index (χ0v) is 14.8. The van der Waals surface area contributed by atoms with E-state index in [0.29, 0.717) is 16.3 Å². The number of nitriles is 1. The van der Waals surface area contributed by atoms with Gasteiger partial charge in [0.25, 0.3) is 11.5 Å². The van der Waals surface area contributed by atoms with Crippen molar-refractivity contribution in [3.05, 3.63) is 98.9 Å².